The van der Waals surface area contributed by atoms with Crippen LogP contribution < -0.4 is 0 Å². The summed E-state index contributed by atoms with van der Waals surface area (Å²) in [7, 11) is 2.57. The molecule has 34 nitrogen and oxygen atoms in total. The minimum absolute atomic E-state index is 0.0803. The maximum atomic E-state index is 13.4. The van der Waals surface area contributed by atoms with Gasteiger partial charge in [0.1, 0.15) is 64.1 Å². The normalized spacial score (nSPS) is 16.5. The van der Waals surface area contributed by atoms with Crippen molar-refractivity contribution in [3.63, 3.8) is 0 Å². The third-order valence-corrected chi connectivity index (χ3v) is 22.0. The Hall–Kier alpha value is -6.76. The quantitative estimate of drug-likeness (QED) is 0.0159. The van der Waals surface area contributed by atoms with Crippen molar-refractivity contribution < 1.29 is 160 Å². The van der Waals surface area contributed by atoms with E-state index in [9.17, 15) is 78.0 Å². The van der Waals surface area contributed by atoms with E-state index in [1.54, 1.807) is 76.2 Å². The van der Waals surface area contributed by atoms with Gasteiger partial charge in [0.2, 0.25) is 0 Å². The Morgan fingerprint density at radius 2 is 0.706 bits per heavy atom. The fraction of sp³-hybridized carbons (Fsp3) is 0.870. The minimum Gasteiger partial charge on any atom is -0.469 e. The minimum atomic E-state index is -1.17. The second-order valence-corrected chi connectivity index (χ2v) is 36.6. The highest BCUT2D eigenvalue weighted by molar-refractivity contribution is 5.84. The van der Waals surface area contributed by atoms with Gasteiger partial charge in [0.15, 0.2) is 0 Å². The molecule has 13 atom stereocenters. The lowest BCUT2D eigenvalue weighted by atomic mass is 9.69. The molecule has 0 radical (unpaired) electrons. The molecule has 0 amide bonds. The molecule has 1 aliphatic heterocycles. The fourth-order valence-corrected chi connectivity index (χ4v) is 13.9. The Kier molecular flexibility index (Phi) is 63.6. The Labute approximate surface area is 750 Å². The molecule has 0 aromatic carbocycles. The molecule has 1 fully saturated rings. The van der Waals surface area contributed by atoms with Gasteiger partial charge in [0.05, 0.1) is 141 Å². The van der Waals surface area contributed by atoms with Crippen LogP contribution in [0.3, 0.4) is 0 Å². The molecule has 8 N–H and O–H groups in total. The summed E-state index contributed by atoms with van der Waals surface area (Å²) < 4.78 is 68.4. The molecule has 0 bridgehead atoms. The zero-order valence-electron chi connectivity index (χ0n) is 81.0. The number of rotatable bonds is 62. The van der Waals surface area contributed by atoms with E-state index in [0.29, 0.717) is 58.7 Å². The van der Waals surface area contributed by atoms with E-state index in [1.165, 1.54) is 14.2 Å². The number of carbonyl (C=O) groups excluding carboxylic acids is 12. The molecule has 0 aliphatic carbocycles. The molecule has 1 saturated heterocycles. The van der Waals surface area contributed by atoms with Gasteiger partial charge in [-0.1, -0.05) is 95.4 Å². The standard InChI is InChI=1S/C26H49NO8.C23H42O8.C22H38O9.C21H38O8/c1-8-12-14-33-22(30)20(9-2)16-26(7,24(32)34-15-13-27(10-3)11-4)19-25(5,6)23(31)35-18-21(29)17-28;1-7-9-10-29-20(26)17(8-2)11-18(21(27)30-14-16(3)4)12-23(5,6)22(28)31-15-19(25)13-24;1-6-22(4,20(27)28-5)11-15(18(25)30-14-17-8-7-9-29-17)10-21(2,3)19(26)31-13-16(24)12-23;1-7-9-10-28-17(24)15(8-2)11-21(5,19(26)27-6)14-20(3,4)18(25)29-13-16(23)12-22/h20-21,28-29H,8-19H2,1-7H3;16-19,24-25H,7-15H2,1-6H3;15-17,23-24H,6-14H2,1-5H3;15-16,22-23H,7-14H2,1-6H3. The van der Waals surface area contributed by atoms with Crippen LogP contribution in [0.1, 0.15) is 281 Å². The van der Waals surface area contributed by atoms with Crippen LogP contribution in [0, 0.1) is 73.4 Å². The third kappa shape index (κ3) is 49.3. The lowest BCUT2D eigenvalue weighted by Gasteiger charge is -2.36. The number of ether oxygens (including phenoxy) is 13. The highest BCUT2D eigenvalue weighted by Gasteiger charge is 2.49. The van der Waals surface area contributed by atoms with Crippen molar-refractivity contribution in [1.29, 1.82) is 0 Å². The van der Waals surface area contributed by atoms with Gasteiger partial charge in [-0.3, -0.25) is 57.5 Å². The van der Waals surface area contributed by atoms with Gasteiger partial charge < -0.3 is 107 Å². The van der Waals surface area contributed by atoms with Crippen molar-refractivity contribution in [3.05, 3.63) is 0 Å². The summed E-state index contributed by atoms with van der Waals surface area (Å²) in [6.45, 7) is 40.6. The maximum absolute atomic E-state index is 13.4. The number of likely N-dealkylation sites (N-methyl/N-ethyl adjacent to an activating group) is 1. The highest BCUT2D eigenvalue weighted by Crippen LogP contribution is 2.45. The second kappa shape index (κ2) is 64.9. The zero-order valence-corrected chi connectivity index (χ0v) is 81.0. The van der Waals surface area contributed by atoms with E-state index in [-0.39, 0.29) is 128 Å². The lowest BCUT2D eigenvalue weighted by Crippen LogP contribution is -2.42. The molecule has 126 heavy (non-hydrogen) atoms. The van der Waals surface area contributed by atoms with E-state index in [2.05, 4.69) is 4.90 Å². The number of hydrogen-bond acceptors (Lipinski definition) is 34. The van der Waals surface area contributed by atoms with Crippen LogP contribution in [0.2, 0.25) is 0 Å². The fourth-order valence-electron chi connectivity index (χ4n) is 13.9. The van der Waals surface area contributed by atoms with Gasteiger partial charge in [-0.15, -0.1) is 0 Å². The highest BCUT2D eigenvalue weighted by atomic mass is 16.6. The maximum Gasteiger partial charge on any atom is 0.311 e. The monoisotopic (exact) mass is 1810 g/mol. The number of unbranched alkanes of at least 4 members (excludes halogenated alkanes) is 3. The van der Waals surface area contributed by atoms with Crippen LogP contribution in [0.15, 0.2) is 0 Å². The predicted molar refractivity (Wildman–Crippen MR) is 467 cm³/mol. The summed E-state index contributed by atoms with van der Waals surface area (Å²) in [5.74, 6) is -8.65. The van der Waals surface area contributed by atoms with Gasteiger partial charge in [-0.05, 0) is 204 Å². The molecule has 0 aromatic heterocycles. The van der Waals surface area contributed by atoms with Crippen molar-refractivity contribution >= 4 is 71.6 Å². The van der Waals surface area contributed by atoms with Crippen molar-refractivity contribution in [1.82, 2.24) is 4.90 Å². The average molecular weight is 1820 g/mol. The molecule has 1 heterocycles. The topological polar surface area (TPSA) is 490 Å². The van der Waals surface area contributed by atoms with E-state index in [0.717, 1.165) is 64.5 Å². The molecule has 1 rings (SSSR count). The first-order valence-corrected chi connectivity index (χ1v) is 45.2. The van der Waals surface area contributed by atoms with Crippen LogP contribution in [-0.2, 0) is 119 Å². The van der Waals surface area contributed by atoms with Gasteiger partial charge in [-0.25, -0.2) is 0 Å². The van der Waals surface area contributed by atoms with E-state index in [4.69, 9.17) is 82.0 Å². The Balaban J connectivity index is -0.00000160. The van der Waals surface area contributed by atoms with E-state index >= 15 is 0 Å². The van der Waals surface area contributed by atoms with Crippen molar-refractivity contribution in [2.24, 2.45) is 73.4 Å². The van der Waals surface area contributed by atoms with Crippen LogP contribution in [0.4, 0.5) is 0 Å². The molecular formula is C92H167NO33. The smallest absolute Gasteiger partial charge is 0.311 e. The number of carbonyl (C=O) groups is 12. The van der Waals surface area contributed by atoms with Crippen LogP contribution in [0.5, 0.6) is 0 Å². The molecule has 0 aromatic rings. The molecule has 13 unspecified atom stereocenters. The predicted octanol–water partition coefficient (Wildman–Crippen LogP) is 9.68. The SMILES string of the molecule is CCC(C)(CC(CC(C)(C)C(=O)OCC(O)CO)C(=O)OCC1CCCO1)C(=O)OC.CCCCOC(=O)C(CC)CC(C)(CC(C)(C)C(=O)OCC(O)CO)C(=O)OC.CCCCOC(=O)C(CC)CC(C)(CC(C)(C)C(=O)OCC(O)CO)C(=O)OCCN(CC)CC.CCCCOC(=O)C(CC)CC(CC(C)(C)C(=O)OCC(O)CO)C(=O)OCC(C)C. The molecular weight excluding hydrogens is 1650 g/mol. The summed E-state index contributed by atoms with van der Waals surface area (Å²) in [6.07, 6.45) is 4.99. The Morgan fingerprint density at radius 1 is 0.373 bits per heavy atom. The van der Waals surface area contributed by atoms with Crippen molar-refractivity contribution in [3.8, 4) is 0 Å². The lowest BCUT2D eigenvalue weighted by molar-refractivity contribution is -0.168. The second-order valence-electron chi connectivity index (χ2n) is 36.6. The average Bonchev–Trinajstić information content (AvgIpc) is 0.911. The summed E-state index contributed by atoms with van der Waals surface area (Å²) in [4.78, 5) is 154. The molecule has 1 aliphatic rings. The van der Waals surface area contributed by atoms with Crippen LogP contribution >= 0.6 is 0 Å². The van der Waals surface area contributed by atoms with Crippen molar-refractivity contribution in [2.75, 3.05) is 133 Å². The summed E-state index contributed by atoms with van der Waals surface area (Å²) in [5, 5.41) is 73.3. The van der Waals surface area contributed by atoms with E-state index in [1.807, 2.05) is 76.2 Å². The molecule has 738 valence electrons. The summed E-state index contributed by atoms with van der Waals surface area (Å²) >= 11 is 0. The van der Waals surface area contributed by atoms with Crippen LogP contribution in [-0.4, -0.2) is 281 Å². The first-order valence-electron chi connectivity index (χ1n) is 45.2. The number of methoxy groups -OCH3 is 2. The van der Waals surface area contributed by atoms with Gasteiger partial charge in [0.25, 0.3) is 0 Å². The largest absolute Gasteiger partial charge is 0.469 e. The Morgan fingerprint density at radius 3 is 1.03 bits per heavy atom. The van der Waals surface area contributed by atoms with E-state index < -0.39 is 172 Å². The van der Waals surface area contributed by atoms with Crippen LogP contribution in [0.25, 0.3) is 0 Å². The molecule has 0 saturated carbocycles. The van der Waals surface area contributed by atoms with Gasteiger partial charge in [-0.2, -0.15) is 0 Å². The Bertz CT molecular complexity index is 3110. The van der Waals surface area contributed by atoms with Crippen molar-refractivity contribution in [2.45, 2.75) is 311 Å². The first-order chi connectivity index (χ1) is 58.8. The third-order valence-electron chi connectivity index (χ3n) is 22.0. The number of aliphatic hydroxyl groups is 8. The summed E-state index contributed by atoms with van der Waals surface area (Å²) in [5.41, 5.74) is -7.51. The molecule has 0 spiro atoms. The van der Waals surface area contributed by atoms with Gasteiger partial charge >= 0.3 is 71.6 Å². The molecule has 34 heteroatoms. The summed E-state index contributed by atoms with van der Waals surface area (Å²) in [6, 6.07) is 0. The first kappa shape index (κ1) is 123. The number of aliphatic hydroxyl groups excluding tert-OH is 8. The zero-order chi connectivity index (χ0) is 97.4. The number of nitrogens with zero attached hydrogens (tertiary/aromatic N) is 1. The number of esters is 12. The number of hydrogen-bond donors (Lipinski definition) is 8. The van der Waals surface area contributed by atoms with Gasteiger partial charge in [0, 0.05) is 13.2 Å².